The lowest BCUT2D eigenvalue weighted by atomic mass is 10.4. The van der Waals surface area contributed by atoms with E-state index in [2.05, 4.69) is 10.2 Å². The Kier molecular flexibility index (Phi) is 4.78. The Morgan fingerprint density at radius 2 is 2.31 bits per heavy atom. The quantitative estimate of drug-likeness (QED) is 0.749. The third-order valence-electron chi connectivity index (χ3n) is 2.13. The summed E-state index contributed by atoms with van der Waals surface area (Å²) in [6, 6.07) is 0. The van der Waals surface area contributed by atoms with E-state index in [1.165, 1.54) is 17.5 Å². The minimum atomic E-state index is -3.57. The van der Waals surface area contributed by atoms with Crippen molar-refractivity contribution in [2.24, 2.45) is 0 Å². The Balaban J connectivity index is 2.93. The number of aliphatic hydroxyl groups is 1. The summed E-state index contributed by atoms with van der Waals surface area (Å²) in [5, 5.41) is 15.0. The lowest BCUT2D eigenvalue weighted by Crippen LogP contribution is -2.30. The van der Waals surface area contributed by atoms with Crippen LogP contribution in [0.3, 0.4) is 0 Å². The van der Waals surface area contributed by atoms with Crippen molar-refractivity contribution in [3.8, 4) is 0 Å². The van der Waals surface area contributed by atoms with Gasteiger partial charge in [0, 0.05) is 24.9 Å². The van der Waals surface area contributed by atoms with Crippen LogP contribution in [-0.4, -0.2) is 53.6 Å². The fourth-order valence-electron chi connectivity index (χ4n) is 1.13. The van der Waals surface area contributed by atoms with Crippen molar-refractivity contribution >= 4 is 21.8 Å². The molecule has 0 radical (unpaired) electrons. The average Bonchev–Trinajstić information content (AvgIpc) is 2.74. The standard InChI is InChI=1S/C8H15N3O3S2/c1-11(3-4-15-2)16(13,14)8-7(6-12)5-9-10-8/h5,12H,3-4,6H2,1-2H3,(H,9,10). The molecular weight excluding hydrogens is 250 g/mol. The predicted octanol–water partition coefficient (Wildman–Crippen LogP) is -0.115. The fourth-order valence-corrected chi connectivity index (χ4v) is 2.96. The number of aromatic amines is 1. The number of rotatable bonds is 6. The Morgan fingerprint density at radius 3 is 2.88 bits per heavy atom. The summed E-state index contributed by atoms with van der Waals surface area (Å²) in [5.41, 5.74) is 0.288. The third-order valence-corrected chi connectivity index (χ3v) is 4.59. The molecule has 0 aromatic carbocycles. The lowest BCUT2D eigenvalue weighted by Gasteiger charge is -2.15. The highest BCUT2D eigenvalue weighted by Crippen LogP contribution is 2.16. The van der Waals surface area contributed by atoms with Gasteiger partial charge in [0.1, 0.15) is 0 Å². The molecule has 0 unspecified atom stereocenters. The van der Waals surface area contributed by atoms with E-state index in [0.717, 1.165) is 5.75 Å². The molecule has 1 aromatic heterocycles. The topological polar surface area (TPSA) is 86.3 Å². The summed E-state index contributed by atoms with van der Waals surface area (Å²) >= 11 is 1.57. The van der Waals surface area contributed by atoms with E-state index in [1.54, 1.807) is 11.8 Å². The van der Waals surface area contributed by atoms with Crippen LogP contribution in [-0.2, 0) is 16.6 Å². The van der Waals surface area contributed by atoms with Gasteiger partial charge in [-0.25, -0.2) is 8.42 Å². The summed E-state index contributed by atoms with van der Waals surface area (Å²) in [4.78, 5) is 0. The van der Waals surface area contributed by atoms with E-state index in [0.29, 0.717) is 6.54 Å². The number of hydrogen-bond acceptors (Lipinski definition) is 5. The first-order valence-corrected chi connectivity index (χ1v) is 7.45. The number of aliphatic hydroxyl groups excluding tert-OH is 1. The molecule has 2 N–H and O–H groups in total. The molecule has 0 aliphatic rings. The number of aromatic nitrogens is 2. The summed E-state index contributed by atoms with van der Waals surface area (Å²) < 4.78 is 25.3. The van der Waals surface area contributed by atoms with Gasteiger partial charge in [0.05, 0.1) is 12.8 Å². The molecule has 6 nitrogen and oxygen atoms in total. The normalized spacial score (nSPS) is 12.2. The van der Waals surface area contributed by atoms with Crippen LogP contribution in [0.4, 0.5) is 0 Å². The van der Waals surface area contributed by atoms with Crippen LogP contribution in [0.25, 0.3) is 0 Å². The predicted molar refractivity (Wildman–Crippen MR) is 62.7 cm³/mol. The van der Waals surface area contributed by atoms with E-state index in [-0.39, 0.29) is 17.2 Å². The monoisotopic (exact) mass is 265 g/mol. The van der Waals surface area contributed by atoms with E-state index in [9.17, 15) is 8.42 Å². The van der Waals surface area contributed by atoms with Crippen molar-refractivity contribution < 1.29 is 13.5 Å². The largest absolute Gasteiger partial charge is 0.392 e. The van der Waals surface area contributed by atoms with Crippen LogP contribution in [0.15, 0.2) is 11.2 Å². The second-order valence-corrected chi connectivity index (χ2v) is 6.17. The molecule has 1 aromatic rings. The maximum absolute atomic E-state index is 12.0. The van der Waals surface area contributed by atoms with Gasteiger partial charge in [-0.2, -0.15) is 21.2 Å². The van der Waals surface area contributed by atoms with Crippen molar-refractivity contribution in [3.63, 3.8) is 0 Å². The zero-order chi connectivity index (χ0) is 12.2. The van der Waals surface area contributed by atoms with E-state index in [1.807, 2.05) is 6.26 Å². The Bertz CT molecular complexity index is 429. The molecule has 0 saturated heterocycles. The molecule has 0 aliphatic carbocycles. The summed E-state index contributed by atoms with van der Waals surface area (Å²) in [7, 11) is -2.06. The number of thioether (sulfide) groups is 1. The molecule has 0 aliphatic heterocycles. The van der Waals surface area contributed by atoms with Crippen LogP contribution in [0.1, 0.15) is 5.56 Å². The maximum Gasteiger partial charge on any atom is 0.260 e. The van der Waals surface area contributed by atoms with Gasteiger partial charge >= 0.3 is 0 Å². The minimum Gasteiger partial charge on any atom is -0.392 e. The van der Waals surface area contributed by atoms with Gasteiger partial charge in [0.15, 0.2) is 5.03 Å². The first-order valence-electron chi connectivity index (χ1n) is 4.62. The molecule has 0 spiro atoms. The van der Waals surface area contributed by atoms with Crippen LogP contribution in [0.5, 0.6) is 0 Å². The van der Waals surface area contributed by atoms with Crippen molar-refractivity contribution in [2.75, 3.05) is 25.6 Å². The van der Waals surface area contributed by atoms with Gasteiger partial charge in [-0.3, -0.25) is 5.10 Å². The number of nitrogens with zero attached hydrogens (tertiary/aromatic N) is 2. The molecular formula is C8H15N3O3S2. The van der Waals surface area contributed by atoms with E-state index >= 15 is 0 Å². The fraction of sp³-hybridized carbons (Fsp3) is 0.625. The molecule has 8 heteroatoms. The smallest absolute Gasteiger partial charge is 0.260 e. The molecule has 1 rings (SSSR count). The summed E-state index contributed by atoms with van der Waals surface area (Å²) in [6.07, 6.45) is 3.23. The summed E-state index contributed by atoms with van der Waals surface area (Å²) in [5.74, 6) is 0.721. The molecule has 0 saturated carbocycles. The zero-order valence-electron chi connectivity index (χ0n) is 9.17. The molecule has 1 heterocycles. The van der Waals surface area contributed by atoms with Gasteiger partial charge < -0.3 is 5.11 Å². The van der Waals surface area contributed by atoms with Gasteiger partial charge in [-0.05, 0) is 6.26 Å². The highest BCUT2D eigenvalue weighted by Gasteiger charge is 2.25. The first-order chi connectivity index (χ1) is 7.54. The molecule has 0 bridgehead atoms. The number of H-pyrrole nitrogens is 1. The van der Waals surface area contributed by atoms with Gasteiger partial charge in [0.25, 0.3) is 10.0 Å². The molecule has 0 fully saturated rings. The maximum atomic E-state index is 12.0. The van der Waals surface area contributed by atoms with Crippen molar-refractivity contribution in [1.82, 2.24) is 14.5 Å². The van der Waals surface area contributed by atoms with Gasteiger partial charge in [-0.15, -0.1) is 0 Å². The van der Waals surface area contributed by atoms with Crippen LogP contribution >= 0.6 is 11.8 Å². The average molecular weight is 265 g/mol. The van der Waals surface area contributed by atoms with E-state index < -0.39 is 10.0 Å². The second kappa shape index (κ2) is 5.67. The van der Waals surface area contributed by atoms with Crippen molar-refractivity contribution in [2.45, 2.75) is 11.6 Å². The SMILES string of the molecule is CSCCN(C)S(=O)(=O)c1[nH]ncc1CO. The molecule has 16 heavy (non-hydrogen) atoms. The Morgan fingerprint density at radius 1 is 1.62 bits per heavy atom. The number of sulfonamides is 1. The highest BCUT2D eigenvalue weighted by atomic mass is 32.2. The second-order valence-electron chi connectivity index (χ2n) is 3.20. The van der Waals surface area contributed by atoms with Gasteiger partial charge in [-0.1, -0.05) is 0 Å². The van der Waals surface area contributed by atoms with Crippen molar-refractivity contribution in [3.05, 3.63) is 11.8 Å². The number of hydrogen-bond donors (Lipinski definition) is 2. The Hall–Kier alpha value is -0.570. The molecule has 0 amide bonds. The molecule has 0 atom stereocenters. The van der Waals surface area contributed by atoms with Crippen LogP contribution in [0.2, 0.25) is 0 Å². The van der Waals surface area contributed by atoms with E-state index in [4.69, 9.17) is 5.11 Å². The minimum absolute atomic E-state index is 0.0291. The van der Waals surface area contributed by atoms with Gasteiger partial charge in [0.2, 0.25) is 0 Å². The molecule has 92 valence electrons. The van der Waals surface area contributed by atoms with Crippen LogP contribution < -0.4 is 0 Å². The third kappa shape index (κ3) is 2.76. The Labute approximate surface area is 99.1 Å². The highest BCUT2D eigenvalue weighted by molar-refractivity contribution is 7.98. The first kappa shape index (κ1) is 13.5. The number of nitrogens with one attached hydrogen (secondary N) is 1. The summed E-state index contributed by atoms with van der Waals surface area (Å²) in [6.45, 7) is 0.0782. The van der Waals surface area contributed by atoms with Crippen LogP contribution in [0, 0.1) is 0 Å². The lowest BCUT2D eigenvalue weighted by molar-refractivity contribution is 0.278. The zero-order valence-corrected chi connectivity index (χ0v) is 10.8. The van der Waals surface area contributed by atoms with Crippen molar-refractivity contribution in [1.29, 1.82) is 0 Å².